The molecule has 0 saturated heterocycles. The highest BCUT2D eigenvalue weighted by Crippen LogP contribution is 2.38. The Kier molecular flexibility index (Phi) is 4.74. The van der Waals surface area contributed by atoms with E-state index in [1.54, 1.807) is 0 Å². The molecule has 3 aromatic carbocycles. The largest absolute Gasteiger partial charge is 0.478 e. The van der Waals surface area contributed by atoms with Gasteiger partial charge in [0.2, 0.25) is 0 Å². The Hall–Kier alpha value is -3.94. The summed E-state index contributed by atoms with van der Waals surface area (Å²) < 4.78 is 0. The van der Waals surface area contributed by atoms with E-state index >= 15 is 0 Å². The minimum absolute atomic E-state index is 0.0394. The molecular weight excluding hydrogens is 392 g/mol. The van der Waals surface area contributed by atoms with Crippen LogP contribution >= 0.6 is 0 Å². The van der Waals surface area contributed by atoms with E-state index < -0.39 is 23.9 Å². The van der Waals surface area contributed by atoms with Crippen molar-refractivity contribution in [3.8, 4) is 0 Å². The minimum atomic E-state index is -1.30. The van der Waals surface area contributed by atoms with Crippen LogP contribution in [0.2, 0.25) is 0 Å². The van der Waals surface area contributed by atoms with Crippen molar-refractivity contribution in [1.29, 1.82) is 0 Å². The maximum absolute atomic E-state index is 12.0. The van der Waals surface area contributed by atoms with Crippen LogP contribution in [0.4, 0.5) is 0 Å². The zero-order valence-electron chi connectivity index (χ0n) is 16.6. The van der Waals surface area contributed by atoms with Crippen LogP contribution in [0.3, 0.4) is 0 Å². The monoisotopic (exact) mass is 410 g/mol. The molecule has 0 spiro atoms. The van der Waals surface area contributed by atoms with Crippen LogP contribution in [-0.2, 0) is 0 Å². The summed E-state index contributed by atoms with van der Waals surface area (Å²) in [6.07, 6.45) is 0. The average Bonchev–Trinajstić information content (AvgIpc) is 2.61. The molecule has 0 aliphatic heterocycles. The van der Waals surface area contributed by atoms with Gasteiger partial charge in [0.05, 0.1) is 22.3 Å². The van der Waals surface area contributed by atoms with Gasteiger partial charge in [-0.15, -0.1) is 0 Å². The lowest BCUT2D eigenvalue weighted by atomic mass is 9.84. The highest BCUT2D eigenvalue weighted by atomic mass is 16.4. The Morgan fingerprint density at radius 3 is 0.767 bits per heavy atom. The van der Waals surface area contributed by atoms with Crippen molar-refractivity contribution in [2.24, 2.45) is 0 Å². The van der Waals surface area contributed by atoms with Gasteiger partial charge in [-0.1, -0.05) is 0 Å². The van der Waals surface area contributed by atoms with Gasteiger partial charge in [-0.2, -0.15) is 0 Å². The van der Waals surface area contributed by atoms with Crippen LogP contribution in [0.15, 0.2) is 12.1 Å². The van der Waals surface area contributed by atoms with Gasteiger partial charge in [0, 0.05) is 0 Å². The van der Waals surface area contributed by atoms with Gasteiger partial charge in [0.1, 0.15) is 0 Å². The topological polar surface area (TPSA) is 149 Å². The first-order valence-electron chi connectivity index (χ1n) is 8.87. The fraction of sp³-hybridized carbons (Fsp3) is 0.182. The number of carbonyl (C=O) groups is 4. The van der Waals surface area contributed by atoms with Gasteiger partial charge in [-0.25, -0.2) is 19.2 Å². The summed E-state index contributed by atoms with van der Waals surface area (Å²) in [6, 6.07) is 2.55. The van der Waals surface area contributed by atoms with Crippen LogP contribution in [0, 0.1) is 27.7 Å². The van der Waals surface area contributed by atoms with Crippen molar-refractivity contribution in [3.63, 3.8) is 0 Å². The Labute approximate surface area is 170 Å². The van der Waals surface area contributed by atoms with E-state index in [1.165, 1.54) is 39.8 Å². The standard InChI is InChI=1S/C22H18O8/c1-7-8(2)16(20(25)26)12-6-14-13(5-11(12)15(7)19(23)24)17(21(27)28)9(3)10(4)18(14)22(29)30/h5-6H,1-4H3,(H,23,24)(H,25,26)(H,27,28)(H,29,30). The van der Waals surface area contributed by atoms with E-state index in [-0.39, 0.29) is 66.1 Å². The van der Waals surface area contributed by atoms with Crippen LogP contribution in [0.25, 0.3) is 21.5 Å². The molecule has 0 aliphatic carbocycles. The molecule has 0 aliphatic rings. The lowest BCUT2D eigenvalue weighted by Gasteiger charge is -2.18. The number of fused-ring (bicyclic) bond motifs is 2. The first-order chi connectivity index (χ1) is 13.9. The normalized spacial score (nSPS) is 11.1. The SMILES string of the molecule is Cc1c(C)c(C(=O)O)c2cc3c(C(=O)O)c(C)c(C)c(C(=O)O)c3cc2c1C(=O)O. The minimum Gasteiger partial charge on any atom is -0.478 e. The van der Waals surface area contributed by atoms with E-state index in [0.717, 1.165) is 0 Å². The van der Waals surface area contributed by atoms with Crippen molar-refractivity contribution in [3.05, 3.63) is 56.6 Å². The van der Waals surface area contributed by atoms with Crippen molar-refractivity contribution in [1.82, 2.24) is 0 Å². The Morgan fingerprint density at radius 1 is 0.467 bits per heavy atom. The van der Waals surface area contributed by atoms with Gasteiger partial charge in [-0.05, 0) is 83.6 Å². The number of carboxylic acid groups (broad SMARTS) is 4. The molecule has 8 nitrogen and oxygen atoms in total. The highest BCUT2D eigenvalue weighted by molar-refractivity contribution is 6.21. The lowest BCUT2D eigenvalue weighted by Crippen LogP contribution is -2.12. The second-order valence-electron chi connectivity index (χ2n) is 7.16. The Bertz CT molecular complexity index is 1130. The van der Waals surface area contributed by atoms with E-state index in [0.29, 0.717) is 0 Å². The number of aromatic carboxylic acids is 4. The van der Waals surface area contributed by atoms with Crippen LogP contribution < -0.4 is 0 Å². The van der Waals surface area contributed by atoms with E-state index in [2.05, 4.69) is 0 Å². The third kappa shape index (κ3) is 2.76. The molecule has 0 heterocycles. The van der Waals surface area contributed by atoms with Crippen LogP contribution in [0.1, 0.15) is 63.7 Å². The predicted molar refractivity (Wildman–Crippen MR) is 108 cm³/mol. The molecule has 8 heteroatoms. The van der Waals surface area contributed by atoms with Crippen LogP contribution in [-0.4, -0.2) is 44.3 Å². The van der Waals surface area contributed by atoms with Gasteiger partial charge in [0.25, 0.3) is 0 Å². The molecule has 0 unspecified atom stereocenters. The maximum atomic E-state index is 12.0. The Balaban J connectivity index is 2.80. The van der Waals surface area contributed by atoms with Crippen molar-refractivity contribution < 1.29 is 39.6 Å². The van der Waals surface area contributed by atoms with Gasteiger partial charge in [0.15, 0.2) is 0 Å². The number of hydrogen-bond donors (Lipinski definition) is 4. The van der Waals surface area contributed by atoms with E-state index in [1.807, 2.05) is 0 Å². The summed E-state index contributed by atoms with van der Waals surface area (Å²) in [5.41, 5.74) is 0.358. The number of benzene rings is 3. The van der Waals surface area contributed by atoms with Gasteiger partial charge < -0.3 is 20.4 Å². The van der Waals surface area contributed by atoms with Crippen molar-refractivity contribution in [2.75, 3.05) is 0 Å². The molecule has 0 amide bonds. The number of hydrogen-bond acceptors (Lipinski definition) is 4. The molecule has 30 heavy (non-hydrogen) atoms. The third-order valence-electron chi connectivity index (χ3n) is 5.72. The summed E-state index contributed by atoms with van der Waals surface area (Å²) in [7, 11) is 0. The quantitative estimate of drug-likeness (QED) is 0.471. The number of carboxylic acids is 4. The first kappa shape index (κ1) is 20.8. The number of rotatable bonds is 4. The first-order valence-corrected chi connectivity index (χ1v) is 8.87. The summed E-state index contributed by atoms with van der Waals surface area (Å²) in [5.74, 6) is -5.18. The third-order valence-corrected chi connectivity index (χ3v) is 5.72. The molecule has 0 radical (unpaired) electrons. The highest BCUT2D eigenvalue weighted by Gasteiger charge is 2.27. The summed E-state index contributed by atoms with van der Waals surface area (Å²) in [4.78, 5) is 47.8. The second kappa shape index (κ2) is 6.84. The smallest absolute Gasteiger partial charge is 0.336 e. The lowest BCUT2D eigenvalue weighted by molar-refractivity contribution is 0.0682. The zero-order valence-corrected chi connectivity index (χ0v) is 16.6. The molecule has 3 rings (SSSR count). The molecule has 0 aromatic heterocycles. The predicted octanol–water partition coefficient (Wildman–Crippen LogP) is 4.02. The fourth-order valence-corrected chi connectivity index (χ4v) is 4.09. The zero-order chi connectivity index (χ0) is 22.7. The van der Waals surface area contributed by atoms with Gasteiger partial charge >= 0.3 is 23.9 Å². The molecule has 0 saturated carbocycles. The van der Waals surface area contributed by atoms with Crippen molar-refractivity contribution >= 4 is 45.4 Å². The second-order valence-corrected chi connectivity index (χ2v) is 7.16. The van der Waals surface area contributed by atoms with E-state index in [9.17, 15) is 39.6 Å². The molecule has 154 valence electrons. The summed E-state index contributed by atoms with van der Waals surface area (Å²) >= 11 is 0. The molecule has 4 N–H and O–H groups in total. The average molecular weight is 410 g/mol. The van der Waals surface area contributed by atoms with Crippen LogP contribution in [0.5, 0.6) is 0 Å². The summed E-state index contributed by atoms with van der Waals surface area (Å²) in [6.45, 7) is 5.93. The molecule has 3 aromatic rings. The molecule has 0 fully saturated rings. The molecule has 0 atom stereocenters. The molecule has 0 bridgehead atoms. The Morgan fingerprint density at radius 2 is 0.633 bits per heavy atom. The van der Waals surface area contributed by atoms with Crippen molar-refractivity contribution in [2.45, 2.75) is 27.7 Å². The van der Waals surface area contributed by atoms with E-state index in [4.69, 9.17) is 0 Å². The fourth-order valence-electron chi connectivity index (χ4n) is 4.09. The van der Waals surface area contributed by atoms with Gasteiger partial charge in [-0.3, -0.25) is 0 Å². The maximum Gasteiger partial charge on any atom is 0.336 e. The molecular formula is C22H18O8. The summed E-state index contributed by atoms with van der Waals surface area (Å²) in [5, 5.41) is 39.2.